The van der Waals surface area contributed by atoms with E-state index in [9.17, 15) is 4.79 Å². The molecule has 2 saturated heterocycles. The van der Waals surface area contributed by atoms with Crippen molar-refractivity contribution in [1.29, 1.82) is 0 Å². The highest BCUT2D eigenvalue weighted by atomic mass is 16.1. The van der Waals surface area contributed by atoms with Crippen molar-refractivity contribution in [3.8, 4) is 0 Å². The molecule has 0 bridgehead atoms. The summed E-state index contributed by atoms with van der Waals surface area (Å²) in [5.74, 6) is 1.22. The van der Waals surface area contributed by atoms with E-state index < -0.39 is 0 Å². The molecule has 5 rings (SSSR count). The van der Waals surface area contributed by atoms with Crippen molar-refractivity contribution >= 4 is 11.9 Å². The second-order valence-corrected chi connectivity index (χ2v) is 10.8. The average Bonchev–Trinajstić information content (AvgIpc) is 3.20. The van der Waals surface area contributed by atoms with Crippen LogP contribution in [-0.4, -0.2) is 72.4 Å². The number of carbonyl (C=O) groups excluding carboxylic acids is 1. The van der Waals surface area contributed by atoms with Crippen molar-refractivity contribution in [3.05, 3.63) is 11.9 Å². The summed E-state index contributed by atoms with van der Waals surface area (Å²) in [6.45, 7) is 4.11. The molecule has 2 atom stereocenters. The minimum absolute atomic E-state index is 0.0674. The topological polar surface area (TPSA) is 110 Å². The smallest absolute Gasteiger partial charge is 0.223 e. The average molecular weight is 473 g/mol. The number of carbonyl (C=O) groups is 1. The highest BCUT2D eigenvalue weighted by molar-refractivity contribution is 5.82. The molecular formula is C25H44N8O. The standard InChI is InChI=1S/C25H44N8O/c26-24-30-21-17-28-25(29-19-7-3-1-4-8-19)31-22(21)33(24)20-11-9-18(10-12-20)23(34)27-13-16-32-14-5-2-6-15-32/h17-20,22,24,30H,1-16,26H2,(H,27,34)(H2,28,29,31). The molecule has 3 aliphatic heterocycles. The van der Waals surface area contributed by atoms with Crippen LogP contribution < -0.4 is 27.0 Å². The van der Waals surface area contributed by atoms with Gasteiger partial charge in [-0.2, -0.15) is 0 Å². The molecule has 3 heterocycles. The summed E-state index contributed by atoms with van der Waals surface area (Å²) in [7, 11) is 0. The fourth-order valence-corrected chi connectivity index (χ4v) is 6.44. The first-order chi connectivity index (χ1) is 16.7. The van der Waals surface area contributed by atoms with Crippen LogP contribution in [0.4, 0.5) is 0 Å². The molecule has 5 aliphatic rings. The Labute approximate surface area is 204 Å². The third-order valence-electron chi connectivity index (χ3n) is 8.42. The highest BCUT2D eigenvalue weighted by Gasteiger charge is 2.42. The first-order valence-electron chi connectivity index (χ1n) is 13.8. The summed E-state index contributed by atoms with van der Waals surface area (Å²) in [6, 6.07) is 0.851. The van der Waals surface area contributed by atoms with Crippen molar-refractivity contribution in [3.63, 3.8) is 0 Å². The second kappa shape index (κ2) is 11.3. The maximum absolute atomic E-state index is 12.8. The number of nitrogens with zero attached hydrogens (tertiary/aromatic N) is 3. The molecule has 4 fully saturated rings. The van der Waals surface area contributed by atoms with Gasteiger partial charge >= 0.3 is 0 Å². The minimum Gasteiger partial charge on any atom is -0.357 e. The molecule has 2 saturated carbocycles. The molecule has 0 radical (unpaired) electrons. The fourth-order valence-electron chi connectivity index (χ4n) is 6.44. The summed E-state index contributed by atoms with van der Waals surface area (Å²) in [5.41, 5.74) is 7.54. The Balaban J connectivity index is 1.10. The Morgan fingerprint density at radius 2 is 1.76 bits per heavy atom. The number of hydrogen-bond donors (Lipinski definition) is 5. The van der Waals surface area contributed by atoms with Gasteiger partial charge in [0.05, 0.1) is 5.70 Å². The maximum Gasteiger partial charge on any atom is 0.223 e. The highest BCUT2D eigenvalue weighted by Crippen LogP contribution is 2.33. The lowest BCUT2D eigenvalue weighted by Crippen LogP contribution is -2.53. The van der Waals surface area contributed by atoms with E-state index in [1.54, 1.807) is 0 Å². The Morgan fingerprint density at radius 3 is 2.53 bits per heavy atom. The molecule has 2 aliphatic carbocycles. The van der Waals surface area contributed by atoms with Gasteiger partial charge in [0.1, 0.15) is 6.29 Å². The summed E-state index contributed by atoms with van der Waals surface area (Å²) >= 11 is 0. The van der Waals surface area contributed by atoms with E-state index in [1.807, 2.05) is 6.20 Å². The minimum atomic E-state index is -0.240. The molecule has 190 valence electrons. The number of nitrogens with one attached hydrogen (secondary N) is 4. The molecule has 2 unspecified atom stereocenters. The first-order valence-corrected chi connectivity index (χ1v) is 13.8. The van der Waals surface area contributed by atoms with Gasteiger partial charge in [0.2, 0.25) is 5.91 Å². The second-order valence-electron chi connectivity index (χ2n) is 10.8. The molecule has 0 aromatic carbocycles. The van der Waals surface area contributed by atoms with Crippen LogP contribution in [0.3, 0.4) is 0 Å². The van der Waals surface area contributed by atoms with E-state index >= 15 is 0 Å². The fraction of sp³-hybridized carbons (Fsp3) is 0.840. The molecule has 1 amide bonds. The van der Waals surface area contributed by atoms with Gasteiger partial charge in [-0.1, -0.05) is 25.7 Å². The Morgan fingerprint density at radius 1 is 1.03 bits per heavy atom. The van der Waals surface area contributed by atoms with Gasteiger partial charge in [0.15, 0.2) is 12.1 Å². The van der Waals surface area contributed by atoms with E-state index in [4.69, 9.17) is 10.7 Å². The van der Waals surface area contributed by atoms with E-state index in [1.165, 1.54) is 64.5 Å². The molecule has 0 aromatic heterocycles. The lowest BCUT2D eigenvalue weighted by atomic mass is 9.84. The van der Waals surface area contributed by atoms with Crippen LogP contribution in [0.15, 0.2) is 16.9 Å². The van der Waals surface area contributed by atoms with Gasteiger partial charge < -0.3 is 26.2 Å². The largest absolute Gasteiger partial charge is 0.357 e. The number of piperidine rings is 1. The SMILES string of the molecule is NC1NC2=CNC(NC3CCCCC3)=NC2N1C1CCC(C(=O)NCCN2CCCCC2)CC1. The molecule has 0 spiro atoms. The van der Waals surface area contributed by atoms with E-state index in [2.05, 4.69) is 31.1 Å². The van der Waals surface area contributed by atoms with Crippen LogP contribution in [0.2, 0.25) is 0 Å². The van der Waals surface area contributed by atoms with Gasteiger partial charge in [-0.3, -0.25) is 10.5 Å². The molecular weight excluding hydrogens is 428 g/mol. The number of nitrogens with two attached hydrogens (primary N) is 1. The molecule has 6 N–H and O–H groups in total. The number of guanidine groups is 1. The van der Waals surface area contributed by atoms with Crippen LogP contribution >= 0.6 is 0 Å². The van der Waals surface area contributed by atoms with Crippen molar-refractivity contribution in [1.82, 2.24) is 31.1 Å². The Kier molecular flexibility index (Phi) is 7.91. The zero-order valence-corrected chi connectivity index (χ0v) is 20.6. The summed E-state index contributed by atoms with van der Waals surface area (Å²) in [4.78, 5) is 22.6. The third-order valence-corrected chi connectivity index (χ3v) is 8.42. The van der Waals surface area contributed by atoms with E-state index in [0.717, 1.165) is 50.4 Å². The summed E-state index contributed by atoms with van der Waals surface area (Å²) in [5, 5.41) is 13.5. The van der Waals surface area contributed by atoms with Crippen LogP contribution in [-0.2, 0) is 4.79 Å². The lowest BCUT2D eigenvalue weighted by molar-refractivity contribution is -0.126. The summed E-state index contributed by atoms with van der Waals surface area (Å²) < 4.78 is 0. The summed E-state index contributed by atoms with van der Waals surface area (Å²) in [6.07, 6.45) is 15.8. The third kappa shape index (κ3) is 5.69. The molecule has 9 nitrogen and oxygen atoms in total. The lowest BCUT2D eigenvalue weighted by Gasteiger charge is -2.38. The number of fused-ring (bicyclic) bond motifs is 1. The number of rotatable bonds is 6. The van der Waals surface area contributed by atoms with E-state index in [-0.39, 0.29) is 24.3 Å². The first kappa shape index (κ1) is 23.9. The number of amides is 1. The van der Waals surface area contributed by atoms with Gasteiger partial charge in [0, 0.05) is 37.3 Å². The van der Waals surface area contributed by atoms with Gasteiger partial charge in [-0.25, -0.2) is 9.89 Å². The van der Waals surface area contributed by atoms with Gasteiger partial charge in [-0.05, 0) is 64.5 Å². The molecule has 9 heteroatoms. The number of likely N-dealkylation sites (tertiary alicyclic amines) is 1. The maximum atomic E-state index is 12.8. The van der Waals surface area contributed by atoms with Crippen LogP contribution in [0, 0.1) is 5.92 Å². The normalized spacial score (nSPS) is 33.2. The molecule has 34 heavy (non-hydrogen) atoms. The van der Waals surface area contributed by atoms with Crippen LogP contribution in [0.5, 0.6) is 0 Å². The van der Waals surface area contributed by atoms with Crippen molar-refractivity contribution in [2.45, 2.75) is 102 Å². The van der Waals surface area contributed by atoms with E-state index in [0.29, 0.717) is 12.1 Å². The van der Waals surface area contributed by atoms with Crippen LogP contribution in [0.25, 0.3) is 0 Å². The zero-order chi connectivity index (χ0) is 23.3. The van der Waals surface area contributed by atoms with Crippen LogP contribution in [0.1, 0.15) is 77.0 Å². The zero-order valence-electron chi connectivity index (χ0n) is 20.6. The van der Waals surface area contributed by atoms with Crippen molar-refractivity contribution in [2.24, 2.45) is 16.6 Å². The monoisotopic (exact) mass is 472 g/mol. The molecule has 0 aromatic rings. The number of hydrogen-bond acceptors (Lipinski definition) is 8. The number of aliphatic imine (C=N–C) groups is 1. The van der Waals surface area contributed by atoms with Crippen molar-refractivity contribution < 1.29 is 4.79 Å². The predicted molar refractivity (Wildman–Crippen MR) is 134 cm³/mol. The van der Waals surface area contributed by atoms with Gasteiger partial charge in [0.25, 0.3) is 0 Å². The van der Waals surface area contributed by atoms with Gasteiger partial charge in [-0.15, -0.1) is 0 Å². The quantitative estimate of drug-likeness (QED) is 0.397. The predicted octanol–water partition coefficient (Wildman–Crippen LogP) is 1.34. The Hall–Kier alpha value is -1.84. The van der Waals surface area contributed by atoms with Crippen molar-refractivity contribution in [2.75, 3.05) is 26.2 Å². The Bertz CT molecular complexity index is 750.